The zero-order chi connectivity index (χ0) is 10.3. The molecule has 14 heavy (non-hydrogen) atoms. The first-order valence-corrected chi connectivity index (χ1v) is 5.89. The summed E-state index contributed by atoms with van der Waals surface area (Å²) >= 11 is 2.20. The number of allylic oxidation sites excluding steroid dienone is 2. The van der Waals surface area contributed by atoms with Crippen LogP contribution in [0.3, 0.4) is 0 Å². The Balaban J connectivity index is 2.36. The number of hydrogen-bond donors (Lipinski definition) is 0. The third kappa shape index (κ3) is 1.33. The number of carbonyl (C=O) groups is 1. The van der Waals surface area contributed by atoms with Gasteiger partial charge in [-0.05, 0) is 5.92 Å². The summed E-state index contributed by atoms with van der Waals surface area (Å²) in [5.74, 6) is 0.472. The van der Waals surface area contributed by atoms with Gasteiger partial charge in [-0.15, -0.1) is 0 Å². The summed E-state index contributed by atoms with van der Waals surface area (Å²) in [7, 11) is 0. The van der Waals surface area contributed by atoms with Gasteiger partial charge in [-0.2, -0.15) is 0 Å². The van der Waals surface area contributed by atoms with Crippen LogP contribution in [0.1, 0.15) is 13.8 Å². The summed E-state index contributed by atoms with van der Waals surface area (Å²) in [5.41, 5.74) is 0. The van der Waals surface area contributed by atoms with E-state index in [1.165, 1.54) is 0 Å². The Morgan fingerprint density at radius 2 is 2.21 bits per heavy atom. The molecule has 2 aliphatic rings. The van der Waals surface area contributed by atoms with Gasteiger partial charge < -0.3 is 4.74 Å². The predicted octanol–water partition coefficient (Wildman–Crippen LogP) is 2.48. The monoisotopic (exact) mass is 304 g/mol. The van der Waals surface area contributed by atoms with E-state index < -0.39 is 3.42 Å². The molecule has 0 aromatic carbocycles. The number of hydrogen-bond acceptors (Lipinski definition) is 2. The smallest absolute Gasteiger partial charge is 0.327 e. The highest BCUT2D eigenvalue weighted by atomic mass is 127. The van der Waals surface area contributed by atoms with Crippen molar-refractivity contribution in [2.45, 2.75) is 23.4 Å². The molecular formula is C11H13IO2. The number of alkyl halides is 1. The van der Waals surface area contributed by atoms with Crippen LogP contribution < -0.4 is 0 Å². The van der Waals surface area contributed by atoms with Crippen molar-refractivity contribution in [2.75, 3.05) is 0 Å². The van der Waals surface area contributed by atoms with E-state index in [2.05, 4.69) is 42.5 Å². The summed E-state index contributed by atoms with van der Waals surface area (Å²) < 4.78 is 4.97. The van der Waals surface area contributed by atoms with Crippen molar-refractivity contribution in [3.05, 3.63) is 24.3 Å². The van der Waals surface area contributed by atoms with Gasteiger partial charge in [-0.1, -0.05) is 60.7 Å². The average Bonchev–Trinajstić information content (AvgIpc) is 2.40. The van der Waals surface area contributed by atoms with Crippen LogP contribution in [-0.2, 0) is 9.53 Å². The molecule has 3 heteroatoms. The number of esters is 1. The zero-order valence-electron chi connectivity index (χ0n) is 8.24. The Labute approximate surface area is 97.5 Å². The second kappa shape index (κ2) is 3.36. The van der Waals surface area contributed by atoms with Crippen LogP contribution in [0, 0.1) is 11.8 Å². The SMILES string of the molecule is CC(C)C1OC(=O)[C@@]2(I)C=CC=CC12. The molecule has 0 radical (unpaired) electrons. The van der Waals surface area contributed by atoms with E-state index in [1.807, 2.05) is 18.2 Å². The lowest BCUT2D eigenvalue weighted by atomic mass is 9.83. The second-order valence-corrected chi connectivity index (χ2v) is 5.94. The molecule has 0 spiro atoms. The molecular weight excluding hydrogens is 291 g/mol. The second-order valence-electron chi connectivity index (χ2n) is 4.15. The third-order valence-electron chi connectivity index (χ3n) is 2.82. The van der Waals surface area contributed by atoms with E-state index in [-0.39, 0.29) is 18.0 Å². The van der Waals surface area contributed by atoms with Crippen LogP contribution in [0.25, 0.3) is 0 Å². The topological polar surface area (TPSA) is 26.3 Å². The number of cyclic esters (lactones) is 1. The molecule has 2 rings (SSSR count). The minimum Gasteiger partial charge on any atom is -0.460 e. The lowest BCUT2D eigenvalue weighted by Gasteiger charge is -2.25. The molecule has 0 amide bonds. The van der Waals surface area contributed by atoms with Crippen LogP contribution in [0.15, 0.2) is 24.3 Å². The fraction of sp³-hybridized carbons (Fsp3) is 0.545. The molecule has 1 heterocycles. The summed E-state index contributed by atoms with van der Waals surface area (Å²) in [4.78, 5) is 11.7. The number of ether oxygens (including phenoxy) is 1. The lowest BCUT2D eigenvalue weighted by Crippen LogP contribution is -2.34. The summed E-state index contributed by atoms with van der Waals surface area (Å²) in [5, 5.41) is 0. The Morgan fingerprint density at radius 1 is 1.50 bits per heavy atom. The Kier molecular flexibility index (Phi) is 2.45. The van der Waals surface area contributed by atoms with E-state index in [0.717, 1.165) is 0 Å². The van der Waals surface area contributed by atoms with E-state index in [1.54, 1.807) is 0 Å². The van der Waals surface area contributed by atoms with Gasteiger partial charge in [0.05, 0.1) is 0 Å². The van der Waals surface area contributed by atoms with Gasteiger partial charge in [0.25, 0.3) is 0 Å². The van der Waals surface area contributed by atoms with Gasteiger partial charge >= 0.3 is 5.97 Å². The number of rotatable bonds is 1. The van der Waals surface area contributed by atoms with Crippen molar-refractivity contribution >= 4 is 28.6 Å². The molecule has 0 aromatic heterocycles. The first-order chi connectivity index (χ1) is 6.55. The highest BCUT2D eigenvalue weighted by Gasteiger charge is 2.54. The van der Waals surface area contributed by atoms with E-state index >= 15 is 0 Å². The molecule has 76 valence electrons. The minimum atomic E-state index is -0.457. The van der Waals surface area contributed by atoms with Crippen LogP contribution in [0.4, 0.5) is 0 Å². The van der Waals surface area contributed by atoms with Crippen molar-refractivity contribution in [3.8, 4) is 0 Å². The van der Waals surface area contributed by atoms with Gasteiger partial charge in [0.2, 0.25) is 0 Å². The first-order valence-electron chi connectivity index (χ1n) is 4.81. The molecule has 0 N–H and O–H groups in total. The fourth-order valence-electron chi connectivity index (χ4n) is 2.02. The molecule has 0 aromatic rings. The van der Waals surface area contributed by atoms with Gasteiger partial charge in [-0.25, -0.2) is 0 Å². The molecule has 1 aliphatic carbocycles. The van der Waals surface area contributed by atoms with Gasteiger partial charge in [0.15, 0.2) is 0 Å². The standard InChI is InChI=1S/C11H13IO2/c1-7(2)9-8-5-3-4-6-11(8,12)10(13)14-9/h3-9H,1-2H3/t8?,9?,11-/m1/s1. The molecule has 0 bridgehead atoms. The highest BCUT2D eigenvalue weighted by Crippen LogP contribution is 2.45. The van der Waals surface area contributed by atoms with E-state index in [9.17, 15) is 4.79 Å². The minimum absolute atomic E-state index is 0.0283. The van der Waals surface area contributed by atoms with E-state index in [4.69, 9.17) is 4.74 Å². The number of halogens is 1. The Morgan fingerprint density at radius 3 is 2.86 bits per heavy atom. The summed E-state index contributed by atoms with van der Waals surface area (Å²) in [6.45, 7) is 4.18. The molecule has 1 aliphatic heterocycles. The van der Waals surface area contributed by atoms with Gasteiger partial charge in [-0.3, -0.25) is 4.79 Å². The van der Waals surface area contributed by atoms with E-state index in [0.29, 0.717) is 5.92 Å². The molecule has 2 unspecified atom stereocenters. The van der Waals surface area contributed by atoms with Gasteiger partial charge in [0.1, 0.15) is 9.53 Å². The largest absolute Gasteiger partial charge is 0.460 e. The van der Waals surface area contributed by atoms with Crippen molar-refractivity contribution in [1.82, 2.24) is 0 Å². The molecule has 1 fully saturated rings. The lowest BCUT2D eigenvalue weighted by molar-refractivity contribution is -0.143. The number of carbonyl (C=O) groups excluding carboxylic acids is 1. The third-order valence-corrected chi connectivity index (χ3v) is 4.34. The number of fused-ring (bicyclic) bond motifs is 1. The quantitative estimate of drug-likeness (QED) is 0.423. The van der Waals surface area contributed by atoms with Crippen LogP contribution in [-0.4, -0.2) is 15.5 Å². The Hall–Kier alpha value is -0.320. The fourth-order valence-corrected chi connectivity index (χ4v) is 2.92. The van der Waals surface area contributed by atoms with Crippen molar-refractivity contribution in [1.29, 1.82) is 0 Å². The maximum Gasteiger partial charge on any atom is 0.327 e. The normalized spacial score (nSPS) is 40.1. The molecule has 1 saturated heterocycles. The molecule has 0 saturated carbocycles. The molecule has 3 atom stereocenters. The predicted molar refractivity (Wildman–Crippen MR) is 63.2 cm³/mol. The maximum absolute atomic E-state index is 11.7. The zero-order valence-corrected chi connectivity index (χ0v) is 10.4. The van der Waals surface area contributed by atoms with Crippen LogP contribution in [0.2, 0.25) is 0 Å². The van der Waals surface area contributed by atoms with Crippen molar-refractivity contribution in [2.24, 2.45) is 11.8 Å². The Bertz CT molecular complexity index is 319. The van der Waals surface area contributed by atoms with Crippen molar-refractivity contribution < 1.29 is 9.53 Å². The highest BCUT2D eigenvalue weighted by molar-refractivity contribution is 14.1. The van der Waals surface area contributed by atoms with Crippen LogP contribution in [0.5, 0.6) is 0 Å². The summed E-state index contributed by atoms with van der Waals surface area (Å²) in [6, 6.07) is 0. The average molecular weight is 304 g/mol. The van der Waals surface area contributed by atoms with Crippen molar-refractivity contribution in [3.63, 3.8) is 0 Å². The summed E-state index contributed by atoms with van der Waals surface area (Å²) in [6.07, 6.45) is 7.98. The first kappa shape index (κ1) is 10.2. The molecule has 2 nitrogen and oxygen atoms in total. The van der Waals surface area contributed by atoms with Crippen LogP contribution >= 0.6 is 22.6 Å². The van der Waals surface area contributed by atoms with Gasteiger partial charge in [0, 0.05) is 5.92 Å². The maximum atomic E-state index is 11.7.